The summed E-state index contributed by atoms with van der Waals surface area (Å²) in [6.45, 7) is 4.13. The van der Waals surface area contributed by atoms with Crippen LogP contribution in [0.5, 0.6) is 11.6 Å². The molecule has 0 amide bonds. The van der Waals surface area contributed by atoms with Crippen LogP contribution >= 0.6 is 0 Å². The highest BCUT2D eigenvalue weighted by Crippen LogP contribution is 2.32. The summed E-state index contributed by atoms with van der Waals surface area (Å²) < 4.78 is 75.6. The molecular weight excluding hydrogens is 397 g/mol. The summed E-state index contributed by atoms with van der Waals surface area (Å²) in [6.07, 6.45) is -4.05. The van der Waals surface area contributed by atoms with Gasteiger partial charge >= 0.3 is 6.18 Å². The molecule has 0 bridgehead atoms. The Kier molecular flexibility index (Phi) is 5.53. The van der Waals surface area contributed by atoms with Crippen molar-refractivity contribution < 1.29 is 31.1 Å². The monoisotopic (exact) mass is 416 g/mol. The summed E-state index contributed by atoms with van der Waals surface area (Å²) in [4.78, 5) is 3.88. The molecule has 0 spiro atoms. The van der Waals surface area contributed by atoms with E-state index in [1.165, 1.54) is 16.4 Å². The van der Waals surface area contributed by atoms with Gasteiger partial charge in [-0.15, -0.1) is 0 Å². The molecular formula is C18H19F3N2O4S. The first-order valence-corrected chi connectivity index (χ1v) is 9.98. The van der Waals surface area contributed by atoms with Gasteiger partial charge in [0.1, 0.15) is 11.9 Å². The molecule has 152 valence electrons. The van der Waals surface area contributed by atoms with Crippen LogP contribution in [0.4, 0.5) is 13.2 Å². The molecule has 0 N–H and O–H groups in total. The van der Waals surface area contributed by atoms with Gasteiger partial charge in [0, 0.05) is 12.3 Å². The number of benzene rings is 1. The second-order valence-electron chi connectivity index (χ2n) is 6.30. The van der Waals surface area contributed by atoms with Crippen molar-refractivity contribution in [2.45, 2.75) is 31.0 Å². The van der Waals surface area contributed by atoms with Gasteiger partial charge < -0.3 is 9.47 Å². The minimum Gasteiger partial charge on any atom is -0.494 e. The van der Waals surface area contributed by atoms with E-state index in [9.17, 15) is 21.6 Å². The van der Waals surface area contributed by atoms with Crippen molar-refractivity contribution >= 4 is 10.0 Å². The van der Waals surface area contributed by atoms with Crippen LogP contribution in [0.1, 0.15) is 18.1 Å². The standard InChI is InChI=1S/C18H19F3N2O4S/c1-3-26-16-5-4-15(8-12(16)2)28(24,25)23-10-14(11-23)27-17-9-13(6-7-22-17)18(19,20)21/h4-9,14H,3,10-11H2,1-2H3. The Bertz CT molecular complexity index is 958. The number of pyridine rings is 1. The molecule has 1 aliphatic heterocycles. The molecule has 0 saturated carbocycles. The fourth-order valence-electron chi connectivity index (χ4n) is 2.74. The lowest BCUT2D eigenvalue weighted by Crippen LogP contribution is -2.56. The second kappa shape index (κ2) is 7.59. The summed E-state index contributed by atoms with van der Waals surface area (Å²) in [5, 5.41) is 0. The zero-order valence-corrected chi connectivity index (χ0v) is 16.0. The highest BCUT2D eigenvalue weighted by molar-refractivity contribution is 7.89. The molecule has 3 rings (SSSR count). The van der Waals surface area contributed by atoms with Crippen molar-refractivity contribution in [2.24, 2.45) is 0 Å². The first-order chi connectivity index (χ1) is 13.1. The minimum atomic E-state index is -4.50. The van der Waals surface area contributed by atoms with Crippen molar-refractivity contribution in [3.05, 3.63) is 47.7 Å². The second-order valence-corrected chi connectivity index (χ2v) is 8.24. The van der Waals surface area contributed by atoms with Crippen LogP contribution < -0.4 is 9.47 Å². The summed E-state index contributed by atoms with van der Waals surface area (Å²) in [6, 6.07) is 6.25. The Morgan fingerprint density at radius 2 is 1.93 bits per heavy atom. The number of halogens is 3. The average molecular weight is 416 g/mol. The predicted octanol–water partition coefficient (Wildman–Crippen LogP) is 3.26. The van der Waals surface area contributed by atoms with Crippen LogP contribution in [-0.4, -0.2) is 43.5 Å². The third-order valence-electron chi connectivity index (χ3n) is 4.25. The van der Waals surface area contributed by atoms with E-state index in [2.05, 4.69) is 4.98 Å². The Morgan fingerprint density at radius 1 is 1.21 bits per heavy atom. The van der Waals surface area contributed by atoms with Gasteiger partial charge in [0.15, 0.2) is 0 Å². The van der Waals surface area contributed by atoms with Gasteiger partial charge in [0.2, 0.25) is 15.9 Å². The van der Waals surface area contributed by atoms with Gasteiger partial charge in [0.25, 0.3) is 0 Å². The largest absolute Gasteiger partial charge is 0.494 e. The SMILES string of the molecule is CCOc1ccc(S(=O)(=O)N2CC(Oc3cc(C(F)(F)F)ccn3)C2)cc1C. The Morgan fingerprint density at radius 3 is 2.54 bits per heavy atom. The number of alkyl halides is 3. The molecule has 1 aromatic carbocycles. The van der Waals surface area contributed by atoms with Gasteiger partial charge in [-0.2, -0.15) is 17.5 Å². The quantitative estimate of drug-likeness (QED) is 0.723. The van der Waals surface area contributed by atoms with Gasteiger partial charge in [0.05, 0.1) is 30.2 Å². The van der Waals surface area contributed by atoms with Gasteiger partial charge in [-0.05, 0) is 43.7 Å². The molecule has 1 saturated heterocycles. The van der Waals surface area contributed by atoms with E-state index in [0.717, 1.165) is 18.3 Å². The molecule has 10 heteroatoms. The maximum Gasteiger partial charge on any atom is 0.416 e. The molecule has 1 aliphatic rings. The van der Waals surface area contributed by atoms with Crippen molar-refractivity contribution in [1.82, 2.24) is 9.29 Å². The summed E-state index contributed by atoms with van der Waals surface area (Å²) in [7, 11) is -3.72. The van der Waals surface area contributed by atoms with Crippen LogP contribution in [0.2, 0.25) is 0 Å². The molecule has 0 unspecified atom stereocenters. The number of aromatic nitrogens is 1. The number of sulfonamides is 1. The van der Waals surface area contributed by atoms with Crippen LogP contribution in [0.25, 0.3) is 0 Å². The lowest BCUT2D eigenvalue weighted by Gasteiger charge is -2.37. The fraction of sp³-hybridized carbons (Fsp3) is 0.389. The molecule has 0 atom stereocenters. The Hall–Kier alpha value is -2.33. The van der Waals surface area contributed by atoms with E-state index in [0.29, 0.717) is 17.9 Å². The van der Waals surface area contributed by atoms with Crippen LogP contribution in [0, 0.1) is 6.92 Å². The van der Waals surface area contributed by atoms with Crippen molar-refractivity contribution in [2.75, 3.05) is 19.7 Å². The topological polar surface area (TPSA) is 68.7 Å². The highest BCUT2D eigenvalue weighted by atomic mass is 32.2. The Balaban J connectivity index is 1.65. The van der Waals surface area contributed by atoms with Crippen LogP contribution in [0.3, 0.4) is 0 Å². The first-order valence-electron chi connectivity index (χ1n) is 8.54. The molecule has 2 aromatic rings. The van der Waals surface area contributed by atoms with Crippen molar-refractivity contribution in [3.63, 3.8) is 0 Å². The first kappa shape index (κ1) is 20.4. The summed E-state index contributed by atoms with van der Waals surface area (Å²) in [5.74, 6) is 0.427. The number of rotatable bonds is 6. The molecule has 2 heterocycles. The molecule has 6 nitrogen and oxygen atoms in total. The number of ether oxygens (including phenoxy) is 2. The number of aryl methyl sites for hydroxylation is 1. The normalized spacial score (nSPS) is 15.9. The predicted molar refractivity (Wildman–Crippen MR) is 94.8 cm³/mol. The molecule has 0 aliphatic carbocycles. The Labute approximate surface area is 161 Å². The lowest BCUT2D eigenvalue weighted by atomic mass is 10.2. The van der Waals surface area contributed by atoms with Crippen molar-refractivity contribution in [3.8, 4) is 11.6 Å². The zero-order chi connectivity index (χ0) is 20.5. The zero-order valence-electron chi connectivity index (χ0n) is 15.2. The third kappa shape index (κ3) is 4.22. The fourth-order valence-corrected chi connectivity index (χ4v) is 4.33. The van der Waals surface area contributed by atoms with E-state index in [-0.39, 0.29) is 23.9 Å². The van der Waals surface area contributed by atoms with E-state index >= 15 is 0 Å². The average Bonchev–Trinajstić information content (AvgIpc) is 2.59. The lowest BCUT2D eigenvalue weighted by molar-refractivity contribution is -0.137. The molecule has 0 radical (unpaired) electrons. The van der Waals surface area contributed by atoms with Crippen molar-refractivity contribution in [1.29, 1.82) is 0 Å². The molecule has 1 fully saturated rings. The van der Waals surface area contributed by atoms with E-state index in [4.69, 9.17) is 9.47 Å². The van der Waals surface area contributed by atoms with Gasteiger partial charge in [-0.25, -0.2) is 13.4 Å². The number of hydrogen-bond acceptors (Lipinski definition) is 5. The van der Waals surface area contributed by atoms with E-state index < -0.39 is 27.9 Å². The van der Waals surface area contributed by atoms with Gasteiger partial charge in [-0.1, -0.05) is 0 Å². The maximum atomic E-state index is 12.7. The summed E-state index contributed by atoms with van der Waals surface area (Å²) in [5.41, 5.74) is -0.171. The maximum absolute atomic E-state index is 12.7. The van der Waals surface area contributed by atoms with Crippen LogP contribution in [0.15, 0.2) is 41.4 Å². The number of nitrogens with zero attached hydrogens (tertiary/aromatic N) is 2. The summed E-state index contributed by atoms with van der Waals surface area (Å²) >= 11 is 0. The smallest absolute Gasteiger partial charge is 0.416 e. The third-order valence-corrected chi connectivity index (χ3v) is 6.08. The van der Waals surface area contributed by atoms with Crippen LogP contribution in [-0.2, 0) is 16.2 Å². The van der Waals surface area contributed by atoms with Gasteiger partial charge in [-0.3, -0.25) is 0 Å². The minimum absolute atomic E-state index is 0.0342. The highest BCUT2D eigenvalue weighted by Gasteiger charge is 2.39. The van der Waals surface area contributed by atoms with E-state index in [1.54, 1.807) is 13.0 Å². The molecule has 28 heavy (non-hydrogen) atoms. The molecule has 1 aromatic heterocycles. The number of hydrogen-bond donors (Lipinski definition) is 0. The van der Waals surface area contributed by atoms with E-state index in [1.807, 2.05) is 6.92 Å².